The van der Waals surface area contributed by atoms with E-state index in [-0.39, 0.29) is 4.90 Å². The molecule has 0 saturated heterocycles. The highest BCUT2D eigenvalue weighted by Gasteiger charge is 2.20. The predicted octanol–water partition coefficient (Wildman–Crippen LogP) is 3.25. The number of H-pyrrole nitrogens is 1. The number of hydrogen-bond acceptors (Lipinski definition) is 3. The van der Waals surface area contributed by atoms with Gasteiger partial charge in [-0.25, -0.2) is 8.42 Å². The number of benzene rings is 2. The Balaban J connectivity index is 2.44. The van der Waals surface area contributed by atoms with Crippen LogP contribution in [-0.2, 0) is 9.84 Å². The summed E-state index contributed by atoms with van der Waals surface area (Å²) in [6.07, 6.45) is 3.05. The monoisotopic (exact) mass is 301 g/mol. The number of hydrogen-bond donors (Lipinski definition) is 1. The first-order valence-corrected chi connectivity index (χ1v) is 8.35. The number of sulfone groups is 1. The van der Waals surface area contributed by atoms with Crippen LogP contribution in [0.15, 0.2) is 53.6 Å². The molecule has 21 heavy (non-hydrogen) atoms. The second kappa shape index (κ2) is 4.93. The lowest BCUT2D eigenvalue weighted by Gasteiger charge is -2.14. The first-order chi connectivity index (χ1) is 10.0. The lowest BCUT2D eigenvalue weighted by molar-refractivity contribution is 0.415. The van der Waals surface area contributed by atoms with Gasteiger partial charge in [-0.05, 0) is 29.8 Å². The third-order valence-electron chi connectivity index (χ3n) is 3.47. The van der Waals surface area contributed by atoms with Gasteiger partial charge in [0.15, 0.2) is 9.84 Å². The van der Waals surface area contributed by atoms with E-state index in [9.17, 15) is 8.42 Å². The van der Waals surface area contributed by atoms with Crippen molar-refractivity contribution in [2.75, 3.05) is 13.4 Å². The van der Waals surface area contributed by atoms with Gasteiger partial charge in [-0.3, -0.25) is 0 Å². The van der Waals surface area contributed by atoms with Crippen molar-refractivity contribution in [2.45, 2.75) is 4.90 Å². The molecular formula is C16H15NO3S. The largest absolute Gasteiger partial charge is 0.496 e. The quantitative estimate of drug-likeness (QED) is 0.808. The molecule has 0 amide bonds. The Hall–Kier alpha value is -2.27. The van der Waals surface area contributed by atoms with Gasteiger partial charge >= 0.3 is 0 Å². The fourth-order valence-electron chi connectivity index (χ4n) is 2.56. The van der Waals surface area contributed by atoms with E-state index in [4.69, 9.17) is 4.74 Å². The molecule has 108 valence electrons. The molecule has 0 atom stereocenters. The van der Waals surface area contributed by atoms with Crippen molar-refractivity contribution in [1.82, 2.24) is 4.98 Å². The molecule has 0 aliphatic heterocycles. The Bertz CT molecular complexity index is 910. The Labute approximate surface area is 123 Å². The molecule has 0 spiro atoms. The average molecular weight is 301 g/mol. The standard InChI is InChI=1S/C16H15NO3S/c1-20-14-7-4-8-15(21(2,18)19)16(14)12-5-3-6-13-11(12)9-10-17-13/h3-10,17H,1-2H3. The maximum Gasteiger partial charge on any atom is 0.176 e. The van der Waals surface area contributed by atoms with Crippen LogP contribution in [0.3, 0.4) is 0 Å². The normalized spacial score (nSPS) is 11.7. The Morgan fingerprint density at radius 3 is 2.52 bits per heavy atom. The number of aromatic amines is 1. The SMILES string of the molecule is COc1cccc(S(C)(=O)=O)c1-c1cccc2[nH]ccc12. The van der Waals surface area contributed by atoms with Crippen molar-refractivity contribution >= 4 is 20.7 Å². The van der Waals surface area contributed by atoms with Gasteiger partial charge < -0.3 is 9.72 Å². The molecule has 5 heteroatoms. The van der Waals surface area contributed by atoms with Crippen LogP contribution >= 0.6 is 0 Å². The zero-order valence-electron chi connectivity index (χ0n) is 11.8. The molecule has 3 aromatic rings. The van der Waals surface area contributed by atoms with Crippen LogP contribution in [0.25, 0.3) is 22.0 Å². The van der Waals surface area contributed by atoms with Gasteiger partial charge in [-0.15, -0.1) is 0 Å². The van der Waals surface area contributed by atoms with E-state index >= 15 is 0 Å². The number of fused-ring (bicyclic) bond motifs is 1. The van der Waals surface area contributed by atoms with Crippen LogP contribution in [0.1, 0.15) is 0 Å². The summed E-state index contributed by atoms with van der Waals surface area (Å²) in [5, 5.41) is 0.965. The summed E-state index contributed by atoms with van der Waals surface area (Å²) in [6.45, 7) is 0. The predicted molar refractivity (Wildman–Crippen MR) is 83.4 cm³/mol. The summed E-state index contributed by atoms with van der Waals surface area (Å²) < 4.78 is 29.6. The second-order valence-electron chi connectivity index (χ2n) is 4.85. The molecule has 0 fully saturated rings. The summed E-state index contributed by atoms with van der Waals surface area (Å²) in [5.74, 6) is 0.548. The molecule has 4 nitrogen and oxygen atoms in total. The number of aromatic nitrogens is 1. The molecule has 1 heterocycles. The maximum atomic E-state index is 12.1. The highest BCUT2D eigenvalue weighted by molar-refractivity contribution is 7.90. The summed E-state index contributed by atoms with van der Waals surface area (Å²) in [6, 6.07) is 12.8. The van der Waals surface area contributed by atoms with Crippen molar-refractivity contribution in [1.29, 1.82) is 0 Å². The summed E-state index contributed by atoms with van der Waals surface area (Å²) in [7, 11) is -1.81. The van der Waals surface area contributed by atoms with Gasteiger partial charge in [0.1, 0.15) is 5.75 Å². The van der Waals surface area contributed by atoms with Crippen molar-refractivity contribution in [3.63, 3.8) is 0 Å². The molecule has 0 bridgehead atoms. The zero-order chi connectivity index (χ0) is 15.0. The smallest absolute Gasteiger partial charge is 0.176 e. The number of methoxy groups -OCH3 is 1. The first-order valence-electron chi connectivity index (χ1n) is 6.46. The minimum atomic E-state index is -3.36. The molecule has 0 unspecified atom stereocenters. The average Bonchev–Trinajstić information content (AvgIpc) is 2.93. The Morgan fingerprint density at radius 2 is 1.81 bits per heavy atom. The third kappa shape index (κ3) is 2.29. The molecular weight excluding hydrogens is 286 g/mol. The molecule has 0 saturated carbocycles. The van der Waals surface area contributed by atoms with E-state index in [1.165, 1.54) is 6.26 Å². The van der Waals surface area contributed by atoms with Gasteiger partial charge in [-0.2, -0.15) is 0 Å². The van der Waals surface area contributed by atoms with Gasteiger partial charge in [0.2, 0.25) is 0 Å². The Kier molecular flexibility index (Phi) is 3.22. The number of nitrogens with one attached hydrogen (secondary N) is 1. The van der Waals surface area contributed by atoms with E-state index in [2.05, 4.69) is 4.98 Å². The fraction of sp³-hybridized carbons (Fsp3) is 0.125. The maximum absolute atomic E-state index is 12.1. The van der Waals surface area contributed by atoms with Crippen molar-refractivity contribution in [3.05, 3.63) is 48.7 Å². The van der Waals surface area contributed by atoms with E-state index in [0.29, 0.717) is 11.3 Å². The van der Waals surface area contributed by atoms with E-state index in [0.717, 1.165) is 16.5 Å². The highest BCUT2D eigenvalue weighted by Crippen LogP contribution is 2.39. The van der Waals surface area contributed by atoms with E-state index in [1.807, 2.05) is 30.5 Å². The van der Waals surface area contributed by atoms with Crippen LogP contribution in [0.4, 0.5) is 0 Å². The number of ether oxygens (including phenoxy) is 1. The molecule has 1 aromatic heterocycles. The van der Waals surface area contributed by atoms with E-state index in [1.54, 1.807) is 25.3 Å². The number of rotatable bonds is 3. The van der Waals surface area contributed by atoms with Gasteiger partial charge in [0.25, 0.3) is 0 Å². The van der Waals surface area contributed by atoms with Crippen molar-refractivity contribution in [3.8, 4) is 16.9 Å². The summed E-state index contributed by atoms with van der Waals surface area (Å²) in [4.78, 5) is 3.41. The van der Waals surface area contributed by atoms with Gasteiger partial charge in [0.05, 0.1) is 12.0 Å². The molecule has 0 aliphatic rings. The van der Waals surface area contributed by atoms with Gasteiger partial charge in [0, 0.05) is 28.9 Å². The van der Waals surface area contributed by atoms with Crippen LogP contribution in [0, 0.1) is 0 Å². The molecule has 1 N–H and O–H groups in total. The third-order valence-corrected chi connectivity index (χ3v) is 4.61. The zero-order valence-corrected chi connectivity index (χ0v) is 12.6. The van der Waals surface area contributed by atoms with Crippen molar-refractivity contribution in [2.24, 2.45) is 0 Å². The second-order valence-corrected chi connectivity index (χ2v) is 6.83. The van der Waals surface area contributed by atoms with Gasteiger partial charge in [-0.1, -0.05) is 18.2 Å². The van der Waals surface area contributed by atoms with Crippen LogP contribution < -0.4 is 4.74 Å². The molecule has 3 rings (SSSR count). The fourth-order valence-corrected chi connectivity index (χ4v) is 3.47. The van der Waals surface area contributed by atoms with Crippen molar-refractivity contribution < 1.29 is 13.2 Å². The van der Waals surface area contributed by atoms with Crippen LogP contribution in [-0.4, -0.2) is 26.8 Å². The molecule has 0 radical (unpaired) electrons. The Morgan fingerprint density at radius 1 is 1.05 bits per heavy atom. The highest BCUT2D eigenvalue weighted by atomic mass is 32.2. The topological polar surface area (TPSA) is 59.2 Å². The first kappa shape index (κ1) is 13.7. The summed E-state index contributed by atoms with van der Waals surface area (Å²) >= 11 is 0. The minimum absolute atomic E-state index is 0.274. The molecule has 0 aliphatic carbocycles. The van der Waals surface area contributed by atoms with Crippen LogP contribution in [0.2, 0.25) is 0 Å². The molecule has 2 aromatic carbocycles. The lowest BCUT2D eigenvalue weighted by Crippen LogP contribution is -2.02. The lowest BCUT2D eigenvalue weighted by atomic mass is 10.0. The minimum Gasteiger partial charge on any atom is -0.496 e. The van der Waals surface area contributed by atoms with E-state index < -0.39 is 9.84 Å². The summed E-state index contributed by atoms with van der Waals surface area (Å²) in [5.41, 5.74) is 2.40. The van der Waals surface area contributed by atoms with Crippen LogP contribution in [0.5, 0.6) is 5.75 Å².